The number of hydrogen-bond donors (Lipinski definition) is 1. The Morgan fingerprint density at radius 2 is 1.64 bits per heavy atom. The summed E-state index contributed by atoms with van der Waals surface area (Å²) >= 11 is 1.75. The number of aromatic hydroxyl groups is 1. The van der Waals surface area contributed by atoms with E-state index in [1.165, 1.54) is 10.8 Å². The van der Waals surface area contributed by atoms with E-state index in [-0.39, 0.29) is 24.8 Å². The number of aryl methyl sites for hydroxylation is 1. The quantitative estimate of drug-likeness (QED) is 0.539. The van der Waals surface area contributed by atoms with Gasteiger partial charge in [0.25, 0.3) is 0 Å². The van der Waals surface area contributed by atoms with Crippen LogP contribution in [0.1, 0.15) is 18.9 Å². The molecule has 0 aromatic heterocycles. The summed E-state index contributed by atoms with van der Waals surface area (Å²) in [4.78, 5) is 3.25. The number of halogens is 2. The van der Waals surface area contributed by atoms with Crippen molar-refractivity contribution in [2.24, 2.45) is 0 Å². The standard InChI is InChI=1S/C10H16OSi.C6H7.CH2.2ClH.Ti/c1-8-5-9(11)7-10(6-8)12(2,3)4;1-6-4-2-3-5-6;;;;/h5-7,11H,1-4H3;2,4H,3H2,1H3;1H2;2*1H;/q;-1;;;;+1. The molecule has 0 heterocycles. The van der Waals surface area contributed by atoms with Gasteiger partial charge in [-0.25, -0.2) is 11.6 Å². The number of phenolic OH excluding ortho intramolecular Hbond substituents is 1. The molecule has 0 aliphatic heterocycles. The van der Waals surface area contributed by atoms with E-state index in [4.69, 9.17) is 0 Å². The van der Waals surface area contributed by atoms with Gasteiger partial charge in [0.05, 0.1) is 8.07 Å². The molecule has 0 unspecified atom stereocenters. The van der Waals surface area contributed by atoms with Crippen LogP contribution in [0.2, 0.25) is 19.6 Å². The van der Waals surface area contributed by atoms with Crippen molar-refractivity contribution in [1.29, 1.82) is 0 Å². The molecule has 1 N–H and O–H groups in total. The monoisotopic (exact) mass is 393 g/mol. The second-order valence-electron chi connectivity index (χ2n) is 5.77. The number of hydrogen-bond acceptors (Lipinski definition) is 1. The third-order valence-corrected chi connectivity index (χ3v) is 4.82. The summed E-state index contributed by atoms with van der Waals surface area (Å²) in [5.74, 6) is 0.396. The van der Waals surface area contributed by atoms with Crippen LogP contribution in [0, 0.1) is 13.0 Å². The zero-order chi connectivity index (χ0) is 15.8. The van der Waals surface area contributed by atoms with Gasteiger partial charge in [0.1, 0.15) is 5.75 Å². The first kappa shape index (κ1) is 26.8. The van der Waals surface area contributed by atoms with Crippen molar-refractivity contribution in [2.45, 2.75) is 39.9 Å². The fourth-order valence-corrected chi connectivity index (χ4v) is 2.95. The molecule has 1 aromatic carbocycles. The first-order valence-electron chi connectivity index (χ1n) is 6.69. The molecule has 1 aromatic rings. The van der Waals surface area contributed by atoms with Crippen LogP contribution in [0.3, 0.4) is 0 Å². The third-order valence-electron chi connectivity index (χ3n) is 2.79. The maximum absolute atomic E-state index is 9.38. The number of rotatable bonds is 1. The van der Waals surface area contributed by atoms with Crippen molar-refractivity contribution in [3.8, 4) is 5.75 Å². The summed E-state index contributed by atoms with van der Waals surface area (Å²) in [6.45, 7) is 10.9. The van der Waals surface area contributed by atoms with Gasteiger partial charge < -0.3 is 5.11 Å². The molecule has 5 heteroatoms. The van der Waals surface area contributed by atoms with E-state index >= 15 is 0 Å². The van der Waals surface area contributed by atoms with Gasteiger partial charge in [-0.05, 0) is 24.6 Å². The Morgan fingerprint density at radius 1 is 1.09 bits per heavy atom. The third kappa shape index (κ3) is 11.4. The van der Waals surface area contributed by atoms with Gasteiger partial charge in [-0.15, -0.1) is 31.2 Å². The first-order valence-corrected chi connectivity index (χ1v) is 11.3. The Bertz CT molecular complexity index is 471. The molecule has 0 saturated carbocycles. The Balaban J connectivity index is -0.000000309. The second kappa shape index (κ2) is 13.3. The molecule has 0 amide bonds. The van der Waals surface area contributed by atoms with Crippen LogP contribution in [0.15, 0.2) is 35.9 Å². The number of phenols is 1. The fourth-order valence-electron chi connectivity index (χ4n) is 1.71. The van der Waals surface area contributed by atoms with E-state index < -0.39 is 8.07 Å². The molecule has 0 spiro atoms. The van der Waals surface area contributed by atoms with E-state index in [2.05, 4.69) is 55.7 Å². The fraction of sp³-hybridized carbons (Fsp3) is 0.353. The van der Waals surface area contributed by atoms with E-state index in [9.17, 15) is 5.11 Å². The predicted molar refractivity (Wildman–Crippen MR) is 104 cm³/mol. The Kier molecular flexibility index (Phi) is 16.2. The van der Waals surface area contributed by atoms with Gasteiger partial charge in [-0.2, -0.15) is 6.08 Å². The van der Waals surface area contributed by atoms with E-state index in [0.717, 1.165) is 12.0 Å². The second-order valence-corrected chi connectivity index (χ2v) is 10.9. The van der Waals surface area contributed by atoms with Crippen LogP contribution >= 0.6 is 24.8 Å². The van der Waals surface area contributed by atoms with Crippen molar-refractivity contribution in [2.75, 3.05) is 0 Å². The molecule has 0 atom stereocenters. The molecule has 0 fully saturated rings. The average Bonchev–Trinajstić information content (AvgIpc) is 2.81. The average molecular weight is 394 g/mol. The van der Waals surface area contributed by atoms with E-state index in [1.807, 2.05) is 13.0 Å². The van der Waals surface area contributed by atoms with Gasteiger partial charge in [-0.1, -0.05) is 37.8 Å². The zero-order valence-corrected chi connectivity index (χ0v) is 18.3. The van der Waals surface area contributed by atoms with Crippen molar-refractivity contribution in [1.82, 2.24) is 0 Å². The summed E-state index contributed by atoms with van der Waals surface area (Å²) in [5.41, 5.74) is 2.42. The van der Waals surface area contributed by atoms with Gasteiger partial charge in [-0.3, -0.25) is 6.08 Å². The Labute approximate surface area is 160 Å². The summed E-state index contributed by atoms with van der Waals surface area (Å²) < 4.78 is 0. The van der Waals surface area contributed by atoms with Crippen molar-refractivity contribution >= 4 is 42.9 Å². The molecule has 1 aliphatic carbocycles. The Morgan fingerprint density at radius 3 is 1.91 bits per heavy atom. The summed E-state index contributed by atoms with van der Waals surface area (Å²) in [6, 6.07) is 5.86. The molecular formula is C17H27Cl2OSiTi. The van der Waals surface area contributed by atoms with Crippen LogP contribution in [0.25, 0.3) is 0 Å². The molecule has 123 valence electrons. The minimum absolute atomic E-state index is 0. The topological polar surface area (TPSA) is 20.2 Å². The SMILES string of the molecule is CC1=[C-]CC=C1.Cc1cc(O)cc([Si](C)(C)C)c1.Cl.Cl.[CH2]=[Ti+]. The Hall–Kier alpha value is -0.119. The molecule has 0 radical (unpaired) electrons. The van der Waals surface area contributed by atoms with Crippen LogP contribution < -0.4 is 5.19 Å². The van der Waals surface area contributed by atoms with Crippen molar-refractivity contribution < 1.29 is 25.1 Å². The van der Waals surface area contributed by atoms with Crippen LogP contribution in [0.4, 0.5) is 0 Å². The van der Waals surface area contributed by atoms with Crippen molar-refractivity contribution in [3.63, 3.8) is 0 Å². The van der Waals surface area contributed by atoms with Crippen LogP contribution in [-0.4, -0.2) is 18.0 Å². The molecule has 0 bridgehead atoms. The van der Waals surface area contributed by atoms with Gasteiger partial charge in [0.15, 0.2) is 0 Å². The van der Waals surface area contributed by atoms with Gasteiger partial charge in [0.2, 0.25) is 0 Å². The first-order chi connectivity index (χ1) is 9.29. The molecule has 1 nitrogen and oxygen atoms in total. The van der Waals surface area contributed by atoms with Crippen LogP contribution in [-0.2, 0) is 20.0 Å². The molecular weight excluding hydrogens is 367 g/mol. The predicted octanol–water partition coefficient (Wildman–Crippen LogP) is 4.75. The van der Waals surface area contributed by atoms with Gasteiger partial charge >= 0.3 is 24.8 Å². The number of allylic oxidation sites excluding steroid dienone is 4. The van der Waals surface area contributed by atoms with Gasteiger partial charge in [0, 0.05) is 0 Å². The summed E-state index contributed by atoms with van der Waals surface area (Å²) in [5, 5.41) is 10.7. The van der Waals surface area contributed by atoms with E-state index in [1.54, 1.807) is 26.0 Å². The molecule has 1 aliphatic rings. The zero-order valence-electron chi connectivity index (χ0n) is 14.1. The minimum atomic E-state index is -1.26. The van der Waals surface area contributed by atoms with Crippen LogP contribution in [0.5, 0.6) is 5.75 Å². The number of benzene rings is 1. The molecule has 22 heavy (non-hydrogen) atoms. The van der Waals surface area contributed by atoms with E-state index in [0.29, 0.717) is 5.75 Å². The van der Waals surface area contributed by atoms with Crippen molar-refractivity contribution in [3.05, 3.63) is 47.6 Å². The summed E-state index contributed by atoms with van der Waals surface area (Å²) in [7, 11) is -1.26. The maximum atomic E-state index is 9.38. The summed E-state index contributed by atoms with van der Waals surface area (Å²) in [6.07, 6.45) is 8.33. The molecule has 2 rings (SSSR count). The molecule has 0 saturated heterocycles. The normalized spacial score (nSPS) is 11.7.